The van der Waals surface area contributed by atoms with Gasteiger partial charge in [-0.3, -0.25) is 14.7 Å². The molecule has 0 spiro atoms. The minimum Gasteiger partial charge on any atom is -0.372 e. The summed E-state index contributed by atoms with van der Waals surface area (Å²) in [7, 11) is 1.76. The van der Waals surface area contributed by atoms with E-state index in [0.29, 0.717) is 11.5 Å². The molecule has 1 saturated heterocycles. The fourth-order valence-electron chi connectivity index (χ4n) is 2.33. The summed E-state index contributed by atoms with van der Waals surface area (Å²) >= 11 is 0. The van der Waals surface area contributed by atoms with E-state index in [1.165, 1.54) is 6.20 Å². The van der Waals surface area contributed by atoms with Crippen molar-refractivity contribution in [1.82, 2.24) is 19.8 Å². The smallest absolute Gasteiger partial charge is 0.274 e. The van der Waals surface area contributed by atoms with Crippen molar-refractivity contribution in [3.63, 3.8) is 0 Å². The number of rotatable bonds is 2. The molecule has 2 rings (SSSR count). The molecule has 6 nitrogen and oxygen atoms in total. The van der Waals surface area contributed by atoms with Crippen molar-refractivity contribution in [2.45, 2.75) is 26.3 Å². The minimum absolute atomic E-state index is 0.0387. The number of carbonyl (C=O) groups is 1. The van der Waals surface area contributed by atoms with Gasteiger partial charge in [-0.2, -0.15) is 0 Å². The highest BCUT2D eigenvalue weighted by atomic mass is 16.2. The number of aromatic nitrogens is 2. The van der Waals surface area contributed by atoms with E-state index in [-0.39, 0.29) is 11.4 Å². The fourth-order valence-corrected chi connectivity index (χ4v) is 2.33. The highest BCUT2D eigenvalue weighted by Gasteiger charge is 2.28. The van der Waals surface area contributed by atoms with Gasteiger partial charge >= 0.3 is 0 Å². The maximum Gasteiger partial charge on any atom is 0.274 e. The molecule has 0 saturated carbocycles. The highest BCUT2D eigenvalue weighted by Crippen LogP contribution is 2.16. The minimum atomic E-state index is -0.0387. The SMILES string of the molecule is CNc1cncc(C(=O)N2CCN(C(C)(C)C)CC2)n1. The van der Waals surface area contributed by atoms with E-state index in [0.717, 1.165) is 26.2 Å². The van der Waals surface area contributed by atoms with Gasteiger partial charge in [-0.15, -0.1) is 0 Å². The van der Waals surface area contributed by atoms with Crippen molar-refractivity contribution >= 4 is 11.7 Å². The Morgan fingerprint density at radius 1 is 1.20 bits per heavy atom. The molecule has 1 N–H and O–H groups in total. The topological polar surface area (TPSA) is 61.4 Å². The number of anilines is 1. The molecule has 0 unspecified atom stereocenters. The number of amides is 1. The maximum atomic E-state index is 12.4. The van der Waals surface area contributed by atoms with E-state index in [4.69, 9.17) is 0 Å². The Bertz CT molecular complexity index is 475. The van der Waals surface area contributed by atoms with Crippen LogP contribution in [0.15, 0.2) is 12.4 Å². The summed E-state index contributed by atoms with van der Waals surface area (Å²) < 4.78 is 0. The van der Waals surface area contributed by atoms with Gasteiger partial charge in [0.05, 0.1) is 12.4 Å². The van der Waals surface area contributed by atoms with E-state index in [2.05, 4.69) is 41.0 Å². The number of piperazine rings is 1. The number of carbonyl (C=O) groups excluding carboxylic acids is 1. The molecule has 2 heterocycles. The first-order valence-electron chi connectivity index (χ1n) is 6.96. The Balaban J connectivity index is 2.01. The van der Waals surface area contributed by atoms with Gasteiger partial charge in [0.15, 0.2) is 0 Å². The van der Waals surface area contributed by atoms with Crippen LogP contribution in [0.1, 0.15) is 31.3 Å². The normalized spacial score (nSPS) is 17.1. The molecule has 1 aliphatic heterocycles. The van der Waals surface area contributed by atoms with Crippen molar-refractivity contribution in [2.75, 3.05) is 38.5 Å². The first kappa shape index (κ1) is 14.7. The van der Waals surface area contributed by atoms with Crippen molar-refractivity contribution in [2.24, 2.45) is 0 Å². The number of hydrogen-bond acceptors (Lipinski definition) is 5. The summed E-state index contributed by atoms with van der Waals surface area (Å²) in [6, 6.07) is 0. The Kier molecular flexibility index (Phi) is 4.23. The van der Waals surface area contributed by atoms with E-state index in [1.807, 2.05) is 4.90 Å². The standard InChI is InChI=1S/C14H23N5O/c1-14(2,3)19-7-5-18(6-8-19)13(20)11-9-16-10-12(15-4)17-11/h9-10H,5-8H2,1-4H3,(H,15,17). The molecule has 0 radical (unpaired) electrons. The van der Waals surface area contributed by atoms with E-state index < -0.39 is 0 Å². The second-order valence-electron chi connectivity index (χ2n) is 5.99. The third kappa shape index (κ3) is 3.25. The number of nitrogens with one attached hydrogen (secondary N) is 1. The molecular formula is C14H23N5O. The zero-order valence-electron chi connectivity index (χ0n) is 12.7. The molecule has 1 aliphatic rings. The van der Waals surface area contributed by atoms with Crippen molar-refractivity contribution in [3.8, 4) is 0 Å². The van der Waals surface area contributed by atoms with E-state index in [1.54, 1.807) is 13.2 Å². The molecule has 0 atom stereocenters. The monoisotopic (exact) mass is 277 g/mol. The Morgan fingerprint density at radius 3 is 2.40 bits per heavy atom. The molecule has 1 amide bonds. The summed E-state index contributed by atoms with van der Waals surface area (Å²) in [5, 5.41) is 2.90. The molecule has 1 fully saturated rings. The van der Waals surface area contributed by atoms with Gasteiger partial charge < -0.3 is 10.2 Å². The lowest BCUT2D eigenvalue weighted by molar-refractivity contribution is 0.0446. The predicted octanol–water partition coefficient (Wildman–Crippen LogP) is 1.07. The van der Waals surface area contributed by atoms with E-state index >= 15 is 0 Å². The average molecular weight is 277 g/mol. The van der Waals surface area contributed by atoms with Crippen LogP contribution in [-0.2, 0) is 0 Å². The van der Waals surface area contributed by atoms with Crippen LogP contribution in [0.25, 0.3) is 0 Å². The summed E-state index contributed by atoms with van der Waals surface area (Å²) in [6.07, 6.45) is 3.13. The lowest BCUT2D eigenvalue weighted by atomic mass is 10.0. The Hall–Kier alpha value is -1.69. The first-order chi connectivity index (χ1) is 9.41. The summed E-state index contributed by atoms with van der Waals surface area (Å²) in [4.78, 5) is 24.9. The first-order valence-corrected chi connectivity index (χ1v) is 6.96. The zero-order chi connectivity index (χ0) is 14.8. The largest absolute Gasteiger partial charge is 0.372 e. The molecule has 1 aromatic heterocycles. The van der Waals surface area contributed by atoms with Crippen molar-refractivity contribution in [3.05, 3.63) is 18.1 Å². The van der Waals surface area contributed by atoms with Crippen LogP contribution in [0.3, 0.4) is 0 Å². The van der Waals surface area contributed by atoms with Gasteiger partial charge in [-0.05, 0) is 20.8 Å². The second kappa shape index (κ2) is 5.75. The maximum absolute atomic E-state index is 12.4. The molecule has 20 heavy (non-hydrogen) atoms. The van der Waals surface area contributed by atoms with Crippen LogP contribution >= 0.6 is 0 Å². The molecule has 0 aliphatic carbocycles. The second-order valence-corrected chi connectivity index (χ2v) is 5.99. The molecule has 0 bridgehead atoms. The summed E-state index contributed by atoms with van der Waals surface area (Å²) in [5.74, 6) is 0.576. The molecule has 1 aromatic rings. The van der Waals surface area contributed by atoms with Crippen molar-refractivity contribution in [1.29, 1.82) is 0 Å². The van der Waals surface area contributed by atoms with Crippen LogP contribution in [0.5, 0.6) is 0 Å². The van der Waals surface area contributed by atoms with Gasteiger partial charge in [-0.1, -0.05) is 0 Å². The van der Waals surface area contributed by atoms with Crippen LogP contribution in [0, 0.1) is 0 Å². The van der Waals surface area contributed by atoms with Gasteiger partial charge in [-0.25, -0.2) is 4.98 Å². The summed E-state index contributed by atoms with van der Waals surface area (Å²) in [6.45, 7) is 9.87. The van der Waals surface area contributed by atoms with Gasteiger partial charge in [0.1, 0.15) is 11.5 Å². The molecule has 0 aromatic carbocycles. The number of hydrogen-bond donors (Lipinski definition) is 1. The van der Waals surface area contributed by atoms with Crippen LogP contribution in [-0.4, -0.2) is 64.4 Å². The Labute approximate surface area is 120 Å². The lowest BCUT2D eigenvalue weighted by Gasteiger charge is -2.42. The van der Waals surface area contributed by atoms with Crippen LogP contribution in [0.2, 0.25) is 0 Å². The average Bonchev–Trinajstić information content (AvgIpc) is 2.46. The molecule has 6 heteroatoms. The predicted molar refractivity (Wildman–Crippen MR) is 78.8 cm³/mol. The highest BCUT2D eigenvalue weighted by molar-refractivity contribution is 5.92. The fraction of sp³-hybridized carbons (Fsp3) is 0.643. The van der Waals surface area contributed by atoms with Gasteiger partial charge in [0.25, 0.3) is 5.91 Å². The molecule has 110 valence electrons. The van der Waals surface area contributed by atoms with Crippen LogP contribution < -0.4 is 5.32 Å². The molecular weight excluding hydrogens is 254 g/mol. The summed E-state index contributed by atoms with van der Waals surface area (Å²) in [5.41, 5.74) is 0.558. The lowest BCUT2D eigenvalue weighted by Crippen LogP contribution is -2.54. The Morgan fingerprint density at radius 2 is 1.85 bits per heavy atom. The third-order valence-electron chi connectivity index (χ3n) is 3.63. The third-order valence-corrected chi connectivity index (χ3v) is 3.63. The van der Waals surface area contributed by atoms with Gasteiger partial charge in [0.2, 0.25) is 0 Å². The van der Waals surface area contributed by atoms with E-state index in [9.17, 15) is 4.79 Å². The van der Waals surface area contributed by atoms with Gasteiger partial charge in [0, 0.05) is 38.8 Å². The quantitative estimate of drug-likeness (QED) is 0.876. The zero-order valence-corrected chi connectivity index (χ0v) is 12.7. The number of nitrogens with zero attached hydrogens (tertiary/aromatic N) is 4. The van der Waals surface area contributed by atoms with Crippen LogP contribution in [0.4, 0.5) is 5.82 Å². The van der Waals surface area contributed by atoms with Crippen molar-refractivity contribution < 1.29 is 4.79 Å².